The van der Waals surface area contributed by atoms with Gasteiger partial charge < -0.3 is 9.73 Å². The van der Waals surface area contributed by atoms with Crippen LogP contribution in [-0.2, 0) is 0 Å². The van der Waals surface area contributed by atoms with Crippen LogP contribution in [0.1, 0.15) is 19.1 Å². The SMILES string of the molecule is C=C(NCCC)c1cc2c(-c3cccc(F)c3)cccc2o1. The van der Waals surface area contributed by atoms with Crippen LogP contribution in [0.4, 0.5) is 4.39 Å². The molecule has 0 saturated carbocycles. The van der Waals surface area contributed by atoms with Gasteiger partial charge in [-0.25, -0.2) is 4.39 Å². The summed E-state index contributed by atoms with van der Waals surface area (Å²) in [5.74, 6) is 0.472. The molecule has 3 heteroatoms. The first-order chi connectivity index (χ1) is 10.7. The van der Waals surface area contributed by atoms with Gasteiger partial charge in [-0.1, -0.05) is 37.8 Å². The standard InChI is InChI=1S/C19H18FNO/c1-3-10-21-13(2)19-12-17-16(8-5-9-18(17)22-19)14-6-4-7-15(20)11-14/h4-9,11-12,21H,2-3,10H2,1H3. The molecule has 1 aromatic heterocycles. The highest BCUT2D eigenvalue weighted by atomic mass is 19.1. The van der Waals surface area contributed by atoms with Crippen molar-refractivity contribution in [1.82, 2.24) is 5.32 Å². The Bertz CT molecular complexity index is 819. The molecule has 0 fully saturated rings. The maximum atomic E-state index is 13.5. The van der Waals surface area contributed by atoms with Crippen LogP contribution >= 0.6 is 0 Å². The van der Waals surface area contributed by atoms with Crippen molar-refractivity contribution in [2.24, 2.45) is 0 Å². The molecular weight excluding hydrogens is 277 g/mol. The Kier molecular flexibility index (Phi) is 3.96. The van der Waals surface area contributed by atoms with E-state index in [-0.39, 0.29) is 5.82 Å². The largest absolute Gasteiger partial charge is 0.455 e. The molecule has 0 unspecified atom stereocenters. The van der Waals surface area contributed by atoms with E-state index in [1.165, 1.54) is 12.1 Å². The Hall–Kier alpha value is -2.55. The smallest absolute Gasteiger partial charge is 0.150 e. The molecule has 22 heavy (non-hydrogen) atoms. The van der Waals surface area contributed by atoms with E-state index in [4.69, 9.17) is 4.42 Å². The van der Waals surface area contributed by atoms with E-state index in [0.717, 1.165) is 40.8 Å². The Morgan fingerprint density at radius 3 is 2.77 bits per heavy atom. The lowest BCUT2D eigenvalue weighted by Gasteiger charge is -2.04. The first-order valence-electron chi connectivity index (χ1n) is 7.40. The van der Waals surface area contributed by atoms with Gasteiger partial charge in [-0.05, 0) is 41.8 Å². The van der Waals surface area contributed by atoms with Crippen molar-refractivity contribution in [3.8, 4) is 11.1 Å². The number of rotatable bonds is 5. The Balaban J connectivity index is 2.05. The fourth-order valence-corrected chi connectivity index (χ4v) is 2.48. The maximum Gasteiger partial charge on any atom is 0.150 e. The molecule has 2 aromatic carbocycles. The third-order valence-corrected chi connectivity index (χ3v) is 3.58. The van der Waals surface area contributed by atoms with Gasteiger partial charge >= 0.3 is 0 Å². The molecular formula is C19H18FNO. The fourth-order valence-electron chi connectivity index (χ4n) is 2.48. The summed E-state index contributed by atoms with van der Waals surface area (Å²) in [6.45, 7) is 6.96. The maximum absolute atomic E-state index is 13.5. The number of hydrogen-bond donors (Lipinski definition) is 1. The number of nitrogens with one attached hydrogen (secondary N) is 1. The summed E-state index contributed by atoms with van der Waals surface area (Å²) in [6.07, 6.45) is 1.02. The summed E-state index contributed by atoms with van der Waals surface area (Å²) in [6, 6.07) is 14.3. The molecule has 0 spiro atoms. The second-order valence-electron chi connectivity index (χ2n) is 5.24. The molecule has 0 atom stereocenters. The normalized spacial score (nSPS) is 10.8. The molecule has 0 aliphatic rings. The number of hydrogen-bond acceptors (Lipinski definition) is 2. The molecule has 3 rings (SSSR count). The number of fused-ring (bicyclic) bond motifs is 1. The molecule has 1 N–H and O–H groups in total. The molecule has 0 aliphatic carbocycles. The van der Waals surface area contributed by atoms with Gasteiger partial charge in [0.25, 0.3) is 0 Å². The Labute approximate surface area is 129 Å². The Morgan fingerprint density at radius 2 is 2.00 bits per heavy atom. The van der Waals surface area contributed by atoms with E-state index in [1.807, 2.05) is 30.3 Å². The predicted octanol–water partition coefficient (Wildman–Crippen LogP) is 5.21. The monoisotopic (exact) mass is 295 g/mol. The zero-order chi connectivity index (χ0) is 15.5. The lowest BCUT2D eigenvalue weighted by Crippen LogP contribution is -2.11. The number of benzene rings is 2. The lowest BCUT2D eigenvalue weighted by molar-refractivity contribution is 0.591. The Morgan fingerprint density at radius 1 is 1.18 bits per heavy atom. The van der Waals surface area contributed by atoms with Gasteiger partial charge in [0, 0.05) is 11.9 Å². The summed E-state index contributed by atoms with van der Waals surface area (Å²) >= 11 is 0. The summed E-state index contributed by atoms with van der Waals surface area (Å²) in [4.78, 5) is 0. The minimum absolute atomic E-state index is 0.243. The van der Waals surface area contributed by atoms with Crippen LogP contribution in [0, 0.1) is 5.82 Å². The first-order valence-corrected chi connectivity index (χ1v) is 7.40. The number of halogens is 1. The van der Waals surface area contributed by atoms with E-state index >= 15 is 0 Å². The van der Waals surface area contributed by atoms with E-state index in [9.17, 15) is 4.39 Å². The van der Waals surface area contributed by atoms with Gasteiger partial charge in [0.1, 0.15) is 11.4 Å². The van der Waals surface area contributed by atoms with Gasteiger partial charge in [-0.3, -0.25) is 0 Å². The molecule has 0 saturated heterocycles. The molecule has 3 aromatic rings. The van der Waals surface area contributed by atoms with E-state index in [0.29, 0.717) is 5.76 Å². The molecule has 1 heterocycles. The van der Waals surface area contributed by atoms with E-state index < -0.39 is 0 Å². The third-order valence-electron chi connectivity index (χ3n) is 3.58. The van der Waals surface area contributed by atoms with Crippen molar-refractivity contribution < 1.29 is 8.81 Å². The summed E-state index contributed by atoms with van der Waals surface area (Å²) < 4.78 is 19.3. The van der Waals surface area contributed by atoms with Gasteiger partial charge in [-0.2, -0.15) is 0 Å². The topological polar surface area (TPSA) is 25.2 Å². The molecule has 2 nitrogen and oxygen atoms in total. The van der Waals surface area contributed by atoms with Crippen LogP contribution in [0.25, 0.3) is 27.8 Å². The lowest BCUT2D eigenvalue weighted by atomic mass is 10.0. The van der Waals surface area contributed by atoms with Gasteiger partial charge in [0.05, 0.1) is 5.70 Å². The quantitative estimate of drug-likeness (QED) is 0.699. The minimum Gasteiger partial charge on any atom is -0.455 e. The molecule has 112 valence electrons. The van der Waals surface area contributed by atoms with E-state index in [1.54, 1.807) is 6.07 Å². The van der Waals surface area contributed by atoms with Crippen molar-refractivity contribution in [3.05, 3.63) is 66.7 Å². The predicted molar refractivity (Wildman–Crippen MR) is 88.9 cm³/mol. The van der Waals surface area contributed by atoms with Crippen LogP contribution in [-0.4, -0.2) is 6.54 Å². The van der Waals surface area contributed by atoms with Crippen LogP contribution in [0.5, 0.6) is 0 Å². The van der Waals surface area contributed by atoms with Crippen LogP contribution < -0.4 is 5.32 Å². The zero-order valence-corrected chi connectivity index (χ0v) is 12.5. The molecule has 0 amide bonds. The highest BCUT2D eigenvalue weighted by molar-refractivity contribution is 5.95. The summed E-state index contributed by atoms with van der Waals surface area (Å²) in [5, 5.41) is 4.19. The summed E-state index contributed by atoms with van der Waals surface area (Å²) in [7, 11) is 0. The van der Waals surface area contributed by atoms with E-state index in [2.05, 4.69) is 18.8 Å². The zero-order valence-electron chi connectivity index (χ0n) is 12.5. The highest BCUT2D eigenvalue weighted by Crippen LogP contribution is 2.32. The molecule has 0 aliphatic heterocycles. The van der Waals surface area contributed by atoms with Crippen molar-refractivity contribution in [1.29, 1.82) is 0 Å². The second-order valence-corrected chi connectivity index (χ2v) is 5.24. The second kappa shape index (κ2) is 6.06. The van der Waals surface area contributed by atoms with Crippen molar-refractivity contribution >= 4 is 16.7 Å². The van der Waals surface area contributed by atoms with Crippen LogP contribution in [0.2, 0.25) is 0 Å². The number of furan rings is 1. The van der Waals surface area contributed by atoms with Gasteiger partial charge in [0.2, 0.25) is 0 Å². The first kappa shape index (κ1) is 14.4. The third kappa shape index (κ3) is 2.75. The minimum atomic E-state index is -0.243. The van der Waals surface area contributed by atoms with Gasteiger partial charge in [0.15, 0.2) is 5.76 Å². The summed E-state index contributed by atoms with van der Waals surface area (Å²) in [5.41, 5.74) is 3.33. The average Bonchev–Trinajstić information content (AvgIpc) is 2.96. The highest BCUT2D eigenvalue weighted by Gasteiger charge is 2.11. The fraction of sp³-hybridized carbons (Fsp3) is 0.158. The average molecular weight is 295 g/mol. The van der Waals surface area contributed by atoms with Crippen molar-refractivity contribution in [3.63, 3.8) is 0 Å². The van der Waals surface area contributed by atoms with Crippen LogP contribution in [0.15, 0.2) is 59.5 Å². The van der Waals surface area contributed by atoms with Crippen molar-refractivity contribution in [2.75, 3.05) is 6.54 Å². The van der Waals surface area contributed by atoms with Gasteiger partial charge in [-0.15, -0.1) is 0 Å². The molecule has 0 radical (unpaired) electrons. The van der Waals surface area contributed by atoms with Crippen LogP contribution in [0.3, 0.4) is 0 Å². The molecule has 0 bridgehead atoms. The van der Waals surface area contributed by atoms with Crippen molar-refractivity contribution in [2.45, 2.75) is 13.3 Å².